The number of hydrogen-bond acceptors (Lipinski definition) is 4. The summed E-state index contributed by atoms with van der Waals surface area (Å²) in [5.41, 5.74) is 4.27. The molecule has 1 N–H and O–H groups in total. The van der Waals surface area contributed by atoms with Gasteiger partial charge in [0.25, 0.3) is 0 Å². The van der Waals surface area contributed by atoms with Crippen LogP contribution in [0.4, 0.5) is 0 Å². The number of fused-ring (bicyclic) bond motifs is 2. The van der Waals surface area contributed by atoms with Crippen molar-refractivity contribution in [2.45, 2.75) is 65.2 Å². The largest absolute Gasteiger partial charge is 0.455 e. The molecule has 5 nitrogen and oxygen atoms in total. The molecule has 0 bridgehead atoms. The number of hydrogen-bond donors (Lipinski definition) is 1. The van der Waals surface area contributed by atoms with Crippen molar-refractivity contribution in [2.24, 2.45) is 0 Å². The van der Waals surface area contributed by atoms with Crippen LogP contribution in [0.25, 0.3) is 0 Å². The molecule has 4 aromatic carbocycles. The van der Waals surface area contributed by atoms with Gasteiger partial charge in [0.05, 0.1) is 10.6 Å². The molecule has 2 unspecified atom stereocenters. The highest BCUT2D eigenvalue weighted by Crippen LogP contribution is 2.54. The molecule has 0 saturated heterocycles. The van der Waals surface area contributed by atoms with Gasteiger partial charge in [-0.25, -0.2) is 0 Å². The first kappa shape index (κ1) is 34.6. The molecule has 252 valence electrons. The van der Waals surface area contributed by atoms with Gasteiger partial charge in [0.1, 0.15) is 23.0 Å². The maximum atomic E-state index is 7.29. The van der Waals surface area contributed by atoms with E-state index in [2.05, 4.69) is 101 Å². The average Bonchev–Trinajstić information content (AvgIpc) is 3.62. The fourth-order valence-electron chi connectivity index (χ4n) is 5.86. The predicted molar refractivity (Wildman–Crippen MR) is 207 cm³/mol. The summed E-state index contributed by atoms with van der Waals surface area (Å²) in [6.07, 6.45) is 9.71. The quantitative estimate of drug-likeness (QED) is 0.111. The number of nitrogens with one attached hydrogen (secondary N) is 1. The first-order chi connectivity index (χ1) is 23.5. The summed E-state index contributed by atoms with van der Waals surface area (Å²) in [6.45, 7) is 19.8. The summed E-state index contributed by atoms with van der Waals surface area (Å²) in [5.74, 6) is 3.58. The van der Waals surface area contributed by atoms with Gasteiger partial charge in [-0.05, 0) is 77.1 Å². The highest BCUT2D eigenvalue weighted by molar-refractivity contribution is 7.60. The molecule has 1 aliphatic heterocycles. The predicted octanol–water partition coefficient (Wildman–Crippen LogP) is 11.2. The van der Waals surface area contributed by atoms with Crippen LogP contribution in [0.15, 0.2) is 134 Å². The van der Waals surface area contributed by atoms with Gasteiger partial charge in [0.2, 0.25) is 16.6 Å². The number of rotatable bonds is 11. The van der Waals surface area contributed by atoms with E-state index in [0.29, 0.717) is 5.92 Å². The lowest BCUT2D eigenvalue weighted by Gasteiger charge is -2.39. The molecule has 1 aliphatic rings. The molecule has 5 aromatic rings. The minimum Gasteiger partial charge on any atom is -0.455 e. The van der Waals surface area contributed by atoms with E-state index < -0.39 is 22.0 Å². The van der Waals surface area contributed by atoms with E-state index >= 15 is 0 Å². The van der Waals surface area contributed by atoms with Crippen LogP contribution >= 0.6 is 16.6 Å². The summed E-state index contributed by atoms with van der Waals surface area (Å²) in [4.78, 5) is 0. The van der Waals surface area contributed by atoms with Crippen LogP contribution in [0.1, 0.15) is 76.6 Å². The second-order valence-electron chi connectivity index (χ2n) is 14.1. The van der Waals surface area contributed by atoms with Crippen LogP contribution in [-0.4, -0.2) is 4.34 Å². The van der Waals surface area contributed by atoms with Gasteiger partial charge in [0.15, 0.2) is 0 Å². The minimum absolute atomic E-state index is 0.109. The Kier molecular flexibility index (Phi) is 10.1. The lowest BCUT2D eigenvalue weighted by Crippen LogP contribution is -2.33. The number of para-hydroxylation sites is 2. The summed E-state index contributed by atoms with van der Waals surface area (Å²) in [6, 6.07) is 33.4. The number of ether oxygens (including phenoxy) is 1. The van der Waals surface area contributed by atoms with E-state index in [-0.39, 0.29) is 5.41 Å². The van der Waals surface area contributed by atoms with Crippen LogP contribution in [-0.2, 0) is 10.8 Å². The lowest BCUT2D eigenvalue weighted by molar-refractivity contribution is 0.421. The molecule has 6 rings (SSSR count). The first-order valence-corrected chi connectivity index (χ1v) is 19.2. The third kappa shape index (κ3) is 7.35. The molecule has 2 atom stereocenters. The topological polar surface area (TPSA) is 44.6 Å². The van der Waals surface area contributed by atoms with Gasteiger partial charge in [-0.3, -0.25) is 4.34 Å². The number of aromatic nitrogens is 1. The Morgan fingerprint density at radius 2 is 1.39 bits per heavy atom. The van der Waals surface area contributed by atoms with Crippen molar-refractivity contribution in [3.8, 4) is 23.0 Å². The van der Waals surface area contributed by atoms with Crippen molar-refractivity contribution in [3.05, 3.63) is 157 Å². The van der Waals surface area contributed by atoms with Crippen LogP contribution in [0.3, 0.4) is 0 Å². The van der Waals surface area contributed by atoms with Crippen molar-refractivity contribution in [3.63, 3.8) is 0 Å². The molecule has 2 heterocycles. The Morgan fingerprint density at radius 3 is 1.98 bits per heavy atom. The van der Waals surface area contributed by atoms with E-state index in [1.54, 1.807) is 6.08 Å². The molecule has 7 heteroatoms. The van der Waals surface area contributed by atoms with Gasteiger partial charge in [-0.1, -0.05) is 110 Å². The van der Waals surface area contributed by atoms with Crippen molar-refractivity contribution in [1.82, 2.24) is 9.42 Å². The molecular formula is C42H46N2O3P2. The maximum Gasteiger partial charge on any atom is 0.232 e. The second kappa shape index (κ2) is 14.3. The zero-order chi connectivity index (χ0) is 34.8. The van der Waals surface area contributed by atoms with E-state index in [4.69, 9.17) is 13.8 Å². The first-order valence-electron chi connectivity index (χ1n) is 16.8. The fraction of sp³-hybridized carbons (Fsp3) is 0.238. The SMILES string of the molecule is C=C/C=C\NP(Oc1ccccc1)c1cc(C(C)(C)C)cc2c1Oc1c(P(Oc3ccccc3)n3cccc3)cc(C(C)C)cc1C2(C)C. The molecule has 0 radical (unpaired) electrons. The number of benzene rings is 4. The molecule has 0 aliphatic carbocycles. The minimum atomic E-state index is -1.41. The maximum absolute atomic E-state index is 7.29. The summed E-state index contributed by atoms with van der Waals surface area (Å²) >= 11 is 0. The smallest absolute Gasteiger partial charge is 0.232 e. The van der Waals surface area contributed by atoms with Gasteiger partial charge in [0, 0.05) is 35.1 Å². The zero-order valence-electron chi connectivity index (χ0n) is 29.5. The summed E-state index contributed by atoms with van der Waals surface area (Å²) in [7, 11) is -2.76. The highest BCUT2D eigenvalue weighted by atomic mass is 31.2. The number of allylic oxidation sites excluding steroid dienone is 2. The van der Waals surface area contributed by atoms with Crippen molar-refractivity contribution < 1.29 is 13.8 Å². The second-order valence-corrected chi connectivity index (χ2v) is 17.3. The lowest BCUT2D eigenvalue weighted by atomic mass is 9.73. The molecule has 1 aromatic heterocycles. The Morgan fingerprint density at radius 1 is 0.796 bits per heavy atom. The zero-order valence-corrected chi connectivity index (χ0v) is 31.3. The van der Waals surface area contributed by atoms with Crippen LogP contribution < -0.4 is 29.5 Å². The average molecular weight is 689 g/mol. The third-order valence-electron chi connectivity index (χ3n) is 8.77. The summed E-state index contributed by atoms with van der Waals surface area (Å²) < 4.78 is 23.1. The molecule has 0 fully saturated rings. The monoisotopic (exact) mass is 688 g/mol. The van der Waals surface area contributed by atoms with E-state index in [9.17, 15) is 0 Å². The highest BCUT2D eigenvalue weighted by Gasteiger charge is 2.42. The Labute approximate surface area is 294 Å². The van der Waals surface area contributed by atoms with Gasteiger partial charge >= 0.3 is 0 Å². The number of nitrogens with zero attached hydrogens (tertiary/aromatic N) is 1. The van der Waals surface area contributed by atoms with Gasteiger partial charge < -0.3 is 18.9 Å². The normalized spacial score (nSPS) is 14.8. The Hall–Kier alpha value is -4.30. The van der Waals surface area contributed by atoms with Gasteiger partial charge in [-0.15, -0.1) is 0 Å². The van der Waals surface area contributed by atoms with Crippen LogP contribution in [0, 0.1) is 0 Å². The van der Waals surface area contributed by atoms with Crippen LogP contribution in [0.5, 0.6) is 23.0 Å². The van der Waals surface area contributed by atoms with Crippen LogP contribution in [0.2, 0.25) is 0 Å². The molecule has 0 saturated carbocycles. The molecule has 49 heavy (non-hydrogen) atoms. The van der Waals surface area contributed by atoms with Crippen molar-refractivity contribution in [1.29, 1.82) is 0 Å². The Bertz CT molecular complexity index is 1930. The molecule has 0 spiro atoms. The van der Waals surface area contributed by atoms with E-state index in [1.807, 2.05) is 85.1 Å². The van der Waals surface area contributed by atoms with Gasteiger partial charge in [-0.2, -0.15) is 0 Å². The third-order valence-corrected chi connectivity index (χ3v) is 12.1. The van der Waals surface area contributed by atoms with Crippen molar-refractivity contribution in [2.75, 3.05) is 0 Å². The van der Waals surface area contributed by atoms with E-state index in [1.165, 1.54) is 11.1 Å². The fourth-order valence-corrected chi connectivity index (χ4v) is 9.07. The summed E-state index contributed by atoms with van der Waals surface area (Å²) in [5, 5.41) is 5.59. The Balaban J connectivity index is 1.60. The van der Waals surface area contributed by atoms with E-state index in [0.717, 1.165) is 44.7 Å². The standard InChI is InChI=1S/C42H46N2O3P2/c1-9-10-23-43-48(46-33-19-13-11-14-20-33)37-29-32(41(4,5)6)28-36-39(37)45-40-35(42(36,7)8)26-31(30(2)3)27-38(40)49(44-24-17-18-25-44)47-34-21-15-12-16-22-34/h9-30,43H,1H2,2-8H3/b23-10-. The molecular weight excluding hydrogens is 642 g/mol. The molecule has 0 amide bonds. The van der Waals surface area contributed by atoms with Crippen molar-refractivity contribution >= 4 is 27.2 Å².